The quantitative estimate of drug-likeness (QED) is 0.879. The molecule has 1 aromatic rings. The molecule has 98 valence electrons. The summed E-state index contributed by atoms with van der Waals surface area (Å²) in [6, 6.07) is 0. The average molecular weight is 248 g/mol. The van der Waals surface area contributed by atoms with Crippen LogP contribution in [-0.4, -0.2) is 31.0 Å². The van der Waals surface area contributed by atoms with E-state index in [9.17, 15) is 4.79 Å². The molecule has 1 saturated heterocycles. The van der Waals surface area contributed by atoms with Gasteiger partial charge in [-0.05, 0) is 13.8 Å². The Morgan fingerprint density at radius 3 is 2.94 bits per heavy atom. The summed E-state index contributed by atoms with van der Waals surface area (Å²) in [5.41, 5.74) is 3.06. The number of pyridine rings is 1. The number of piperidine rings is 1. The van der Waals surface area contributed by atoms with Crippen LogP contribution < -0.4 is 10.1 Å². The third-order valence-corrected chi connectivity index (χ3v) is 3.58. The van der Waals surface area contributed by atoms with E-state index in [1.807, 2.05) is 20.0 Å². The van der Waals surface area contributed by atoms with Crippen LogP contribution >= 0.6 is 0 Å². The van der Waals surface area contributed by atoms with Crippen molar-refractivity contribution >= 4 is 5.78 Å². The van der Waals surface area contributed by atoms with E-state index in [0.717, 1.165) is 35.7 Å². The number of rotatable bonds is 3. The molecule has 1 atom stereocenters. The van der Waals surface area contributed by atoms with Gasteiger partial charge in [-0.15, -0.1) is 0 Å². The van der Waals surface area contributed by atoms with Crippen molar-refractivity contribution < 1.29 is 9.53 Å². The summed E-state index contributed by atoms with van der Waals surface area (Å²) in [5.74, 6) is 1.28. The molecule has 4 nitrogen and oxygen atoms in total. The fourth-order valence-electron chi connectivity index (χ4n) is 2.50. The number of ketones is 1. The number of methoxy groups -OCH3 is 1. The summed E-state index contributed by atoms with van der Waals surface area (Å²) in [5, 5.41) is 3.27. The van der Waals surface area contributed by atoms with Crippen LogP contribution in [0.25, 0.3) is 0 Å². The molecule has 2 rings (SSSR count). The molecule has 0 bridgehead atoms. The predicted molar refractivity (Wildman–Crippen MR) is 70.0 cm³/mol. The highest BCUT2D eigenvalue weighted by Gasteiger charge is 2.24. The molecule has 4 heteroatoms. The Bertz CT molecular complexity index is 457. The molecule has 0 aromatic carbocycles. The Morgan fingerprint density at radius 2 is 2.28 bits per heavy atom. The molecule has 0 radical (unpaired) electrons. The van der Waals surface area contributed by atoms with Gasteiger partial charge in [0.05, 0.1) is 7.11 Å². The smallest absolute Gasteiger partial charge is 0.138 e. The van der Waals surface area contributed by atoms with Gasteiger partial charge < -0.3 is 10.1 Å². The number of Topliss-reactive ketones (excluding diaryl/α,β-unsaturated/α-hetero) is 1. The molecule has 1 fully saturated rings. The first-order valence-corrected chi connectivity index (χ1v) is 6.36. The van der Waals surface area contributed by atoms with E-state index in [-0.39, 0.29) is 5.92 Å². The topological polar surface area (TPSA) is 51.2 Å². The fourth-order valence-corrected chi connectivity index (χ4v) is 2.50. The predicted octanol–water partition coefficient (Wildman–Crippen LogP) is 1.43. The summed E-state index contributed by atoms with van der Waals surface area (Å²) in [7, 11) is 1.67. The number of hydrogen-bond donors (Lipinski definition) is 1. The maximum atomic E-state index is 11.8. The van der Waals surface area contributed by atoms with Gasteiger partial charge in [0, 0.05) is 54.9 Å². The minimum atomic E-state index is 0.0531. The zero-order chi connectivity index (χ0) is 13.1. The first-order chi connectivity index (χ1) is 8.63. The van der Waals surface area contributed by atoms with Crippen LogP contribution in [0.2, 0.25) is 0 Å². The van der Waals surface area contributed by atoms with Crippen molar-refractivity contribution in [3.63, 3.8) is 0 Å². The third kappa shape index (κ3) is 2.53. The Hall–Kier alpha value is -1.42. The molecule has 1 unspecified atom stereocenters. The number of carbonyl (C=O) groups is 1. The first kappa shape index (κ1) is 13.0. The highest BCUT2D eigenvalue weighted by Crippen LogP contribution is 2.26. The average Bonchev–Trinajstić information content (AvgIpc) is 2.36. The van der Waals surface area contributed by atoms with Gasteiger partial charge in [0.2, 0.25) is 0 Å². The Labute approximate surface area is 108 Å². The van der Waals surface area contributed by atoms with Crippen LogP contribution in [0, 0.1) is 19.8 Å². The lowest BCUT2D eigenvalue weighted by Crippen LogP contribution is -2.38. The molecule has 1 aliphatic heterocycles. The lowest BCUT2D eigenvalue weighted by Gasteiger charge is -2.22. The van der Waals surface area contributed by atoms with Crippen LogP contribution in [0.1, 0.15) is 23.2 Å². The highest BCUT2D eigenvalue weighted by atomic mass is 16.5. The van der Waals surface area contributed by atoms with Crippen molar-refractivity contribution in [2.24, 2.45) is 5.92 Å². The maximum Gasteiger partial charge on any atom is 0.138 e. The van der Waals surface area contributed by atoms with E-state index in [4.69, 9.17) is 4.74 Å². The fraction of sp³-hybridized carbons (Fsp3) is 0.571. The van der Waals surface area contributed by atoms with Crippen LogP contribution in [0.5, 0.6) is 5.75 Å². The minimum absolute atomic E-state index is 0.0531. The van der Waals surface area contributed by atoms with Crippen molar-refractivity contribution in [1.29, 1.82) is 0 Å². The number of aromatic nitrogens is 1. The van der Waals surface area contributed by atoms with Crippen LogP contribution in [0.3, 0.4) is 0 Å². The third-order valence-electron chi connectivity index (χ3n) is 3.58. The van der Waals surface area contributed by atoms with E-state index >= 15 is 0 Å². The lowest BCUT2D eigenvalue weighted by atomic mass is 9.91. The molecule has 1 aliphatic rings. The molecular formula is C14H20N2O2. The summed E-state index contributed by atoms with van der Waals surface area (Å²) < 4.78 is 5.39. The molecule has 2 heterocycles. The van der Waals surface area contributed by atoms with Crippen LogP contribution in [0.4, 0.5) is 0 Å². The van der Waals surface area contributed by atoms with Crippen molar-refractivity contribution in [3.05, 3.63) is 23.0 Å². The maximum absolute atomic E-state index is 11.8. The monoisotopic (exact) mass is 248 g/mol. The van der Waals surface area contributed by atoms with E-state index in [1.54, 1.807) is 7.11 Å². The SMILES string of the molecule is COc1c(C)cnc(CC2CNCCC2=O)c1C. The van der Waals surface area contributed by atoms with Crippen LogP contribution in [-0.2, 0) is 11.2 Å². The van der Waals surface area contributed by atoms with Crippen LogP contribution in [0.15, 0.2) is 6.20 Å². The number of hydrogen-bond acceptors (Lipinski definition) is 4. The van der Waals surface area contributed by atoms with Gasteiger partial charge in [-0.3, -0.25) is 9.78 Å². The first-order valence-electron chi connectivity index (χ1n) is 6.36. The normalized spacial score (nSPS) is 19.9. The molecule has 1 aromatic heterocycles. The summed E-state index contributed by atoms with van der Waals surface area (Å²) in [6.07, 6.45) is 3.16. The minimum Gasteiger partial charge on any atom is -0.496 e. The number of ether oxygens (including phenoxy) is 1. The molecule has 0 amide bonds. The molecular weight excluding hydrogens is 228 g/mol. The number of nitrogens with one attached hydrogen (secondary N) is 1. The van der Waals surface area contributed by atoms with E-state index in [1.165, 1.54) is 0 Å². The van der Waals surface area contributed by atoms with Crippen molar-refractivity contribution in [1.82, 2.24) is 10.3 Å². The second-order valence-corrected chi connectivity index (χ2v) is 4.87. The Morgan fingerprint density at radius 1 is 1.50 bits per heavy atom. The van der Waals surface area contributed by atoms with Gasteiger partial charge in [0.15, 0.2) is 0 Å². The summed E-state index contributed by atoms with van der Waals surface area (Å²) in [4.78, 5) is 16.3. The molecule has 0 spiro atoms. The number of aryl methyl sites for hydroxylation is 1. The van der Waals surface area contributed by atoms with E-state index < -0.39 is 0 Å². The highest BCUT2D eigenvalue weighted by molar-refractivity contribution is 5.82. The number of nitrogens with zero attached hydrogens (tertiary/aromatic N) is 1. The van der Waals surface area contributed by atoms with E-state index in [0.29, 0.717) is 18.6 Å². The van der Waals surface area contributed by atoms with E-state index in [2.05, 4.69) is 10.3 Å². The van der Waals surface area contributed by atoms with Gasteiger partial charge in [0.25, 0.3) is 0 Å². The molecule has 18 heavy (non-hydrogen) atoms. The standard InChI is InChI=1S/C14H20N2O2/c1-9-7-16-12(10(2)14(9)18-3)6-11-8-15-5-4-13(11)17/h7,11,15H,4-6,8H2,1-3H3. The molecule has 0 saturated carbocycles. The van der Waals surface area contributed by atoms with Crippen molar-refractivity contribution in [3.8, 4) is 5.75 Å². The Kier molecular flexibility index (Phi) is 3.97. The van der Waals surface area contributed by atoms with Crippen molar-refractivity contribution in [2.45, 2.75) is 26.7 Å². The van der Waals surface area contributed by atoms with Gasteiger partial charge in [-0.2, -0.15) is 0 Å². The zero-order valence-corrected chi connectivity index (χ0v) is 11.2. The largest absolute Gasteiger partial charge is 0.496 e. The summed E-state index contributed by atoms with van der Waals surface area (Å²) in [6.45, 7) is 5.56. The van der Waals surface area contributed by atoms with Gasteiger partial charge in [0.1, 0.15) is 11.5 Å². The van der Waals surface area contributed by atoms with Gasteiger partial charge in [-0.25, -0.2) is 0 Å². The van der Waals surface area contributed by atoms with Gasteiger partial charge >= 0.3 is 0 Å². The summed E-state index contributed by atoms with van der Waals surface area (Å²) >= 11 is 0. The second kappa shape index (κ2) is 5.48. The molecule has 0 aliphatic carbocycles. The van der Waals surface area contributed by atoms with Gasteiger partial charge in [-0.1, -0.05) is 0 Å². The zero-order valence-electron chi connectivity index (χ0n) is 11.2. The Balaban J connectivity index is 2.21. The number of carbonyl (C=O) groups excluding carboxylic acids is 1. The second-order valence-electron chi connectivity index (χ2n) is 4.87. The molecule has 1 N–H and O–H groups in total. The van der Waals surface area contributed by atoms with Crippen molar-refractivity contribution in [2.75, 3.05) is 20.2 Å². The lowest BCUT2D eigenvalue weighted by molar-refractivity contribution is -0.123.